The smallest absolute Gasteiger partial charge is 0.0413 e. The molecule has 1 aromatic heterocycles. The minimum Gasteiger partial charge on any atom is -0.263 e. The highest BCUT2D eigenvalue weighted by Gasteiger charge is 2.16. The molecule has 2 heteroatoms. The molecule has 0 spiro atoms. The van der Waals surface area contributed by atoms with Crippen LogP contribution in [-0.2, 0) is 6.42 Å². The van der Waals surface area contributed by atoms with Crippen molar-refractivity contribution in [1.82, 2.24) is 4.98 Å². The molecule has 0 atom stereocenters. The lowest BCUT2D eigenvalue weighted by Crippen LogP contribution is -1.84. The van der Waals surface area contributed by atoms with Gasteiger partial charge in [0, 0.05) is 16.9 Å². The van der Waals surface area contributed by atoms with Gasteiger partial charge in [0.15, 0.2) is 0 Å². The summed E-state index contributed by atoms with van der Waals surface area (Å²) < 4.78 is 1.12. The molecule has 0 bridgehead atoms. The summed E-state index contributed by atoms with van der Waals surface area (Å²) in [7, 11) is 0. The first-order valence-corrected chi connectivity index (χ1v) is 4.39. The third-order valence-electron chi connectivity index (χ3n) is 2.06. The fourth-order valence-electron chi connectivity index (χ4n) is 1.43. The van der Waals surface area contributed by atoms with Gasteiger partial charge < -0.3 is 0 Å². The van der Waals surface area contributed by atoms with E-state index in [1.54, 1.807) is 0 Å². The van der Waals surface area contributed by atoms with Crippen LogP contribution in [0.5, 0.6) is 0 Å². The third-order valence-corrected chi connectivity index (χ3v) is 2.75. The van der Waals surface area contributed by atoms with Crippen molar-refractivity contribution in [3.05, 3.63) is 34.6 Å². The molecule has 1 aliphatic rings. The van der Waals surface area contributed by atoms with Crippen molar-refractivity contribution in [1.29, 1.82) is 0 Å². The van der Waals surface area contributed by atoms with Gasteiger partial charge in [0.25, 0.3) is 0 Å². The normalized spacial score (nSPS) is 15.2. The van der Waals surface area contributed by atoms with E-state index in [9.17, 15) is 0 Å². The van der Waals surface area contributed by atoms with Crippen LogP contribution in [0, 0.1) is 0 Å². The van der Waals surface area contributed by atoms with Gasteiger partial charge in [0.2, 0.25) is 0 Å². The Hall–Kier alpha value is -0.630. The topological polar surface area (TPSA) is 12.9 Å². The second kappa shape index (κ2) is 2.45. The van der Waals surface area contributed by atoms with E-state index in [0.717, 1.165) is 17.3 Å². The Kier molecular flexibility index (Phi) is 1.57. The van der Waals surface area contributed by atoms with Crippen molar-refractivity contribution < 1.29 is 0 Å². The number of hydrogen-bond acceptors (Lipinski definition) is 1. The van der Waals surface area contributed by atoms with Gasteiger partial charge in [0.1, 0.15) is 0 Å². The molecule has 11 heavy (non-hydrogen) atoms. The van der Waals surface area contributed by atoms with Crippen molar-refractivity contribution in [2.24, 2.45) is 0 Å². The standard InChI is InChI=1S/C9H8BrN/c1-6-2-3-7-8(6)4-11-5-9(7)10/h4-5H,1-3H2. The zero-order valence-corrected chi connectivity index (χ0v) is 7.69. The van der Waals surface area contributed by atoms with Gasteiger partial charge in [-0.3, -0.25) is 4.98 Å². The van der Waals surface area contributed by atoms with E-state index < -0.39 is 0 Å². The molecule has 0 N–H and O–H groups in total. The first-order chi connectivity index (χ1) is 5.29. The van der Waals surface area contributed by atoms with Crippen LogP contribution in [0.2, 0.25) is 0 Å². The van der Waals surface area contributed by atoms with E-state index in [4.69, 9.17) is 0 Å². The molecule has 0 unspecified atom stereocenters. The fourth-order valence-corrected chi connectivity index (χ4v) is 1.96. The number of allylic oxidation sites excluding steroid dienone is 1. The monoisotopic (exact) mass is 209 g/mol. The third kappa shape index (κ3) is 1.02. The number of hydrogen-bond donors (Lipinski definition) is 0. The van der Waals surface area contributed by atoms with Gasteiger partial charge in [-0.05, 0) is 45.5 Å². The minimum absolute atomic E-state index is 1.08. The average molecular weight is 210 g/mol. The van der Waals surface area contributed by atoms with E-state index in [1.165, 1.54) is 16.7 Å². The molecule has 0 aliphatic heterocycles. The summed E-state index contributed by atoms with van der Waals surface area (Å²) in [6.45, 7) is 3.98. The molecule has 0 fully saturated rings. The highest BCUT2D eigenvalue weighted by atomic mass is 79.9. The average Bonchev–Trinajstić information content (AvgIpc) is 2.35. The van der Waals surface area contributed by atoms with E-state index in [-0.39, 0.29) is 0 Å². The van der Waals surface area contributed by atoms with Gasteiger partial charge in [-0.25, -0.2) is 0 Å². The number of halogens is 1. The van der Waals surface area contributed by atoms with Gasteiger partial charge in [-0.2, -0.15) is 0 Å². The van der Waals surface area contributed by atoms with Crippen molar-refractivity contribution in [2.45, 2.75) is 12.8 Å². The Labute approximate surface area is 74.3 Å². The zero-order valence-electron chi connectivity index (χ0n) is 6.10. The second-order valence-corrected chi connectivity index (χ2v) is 3.61. The Morgan fingerprint density at radius 2 is 2.18 bits per heavy atom. The summed E-state index contributed by atoms with van der Waals surface area (Å²) in [5, 5.41) is 0. The molecule has 1 nitrogen and oxygen atoms in total. The molecule has 0 aromatic carbocycles. The zero-order chi connectivity index (χ0) is 7.84. The maximum Gasteiger partial charge on any atom is 0.0413 e. The summed E-state index contributed by atoms with van der Waals surface area (Å²) in [6.07, 6.45) is 5.93. The summed E-state index contributed by atoms with van der Waals surface area (Å²) >= 11 is 3.47. The maximum atomic E-state index is 4.10. The molecule has 0 saturated heterocycles. The maximum absolute atomic E-state index is 4.10. The number of fused-ring (bicyclic) bond motifs is 1. The van der Waals surface area contributed by atoms with Gasteiger partial charge >= 0.3 is 0 Å². The van der Waals surface area contributed by atoms with E-state index in [1.807, 2.05) is 12.4 Å². The predicted molar refractivity (Wildman–Crippen MR) is 49.3 cm³/mol. The molecule has 0 radical (unpaired) electrons. The summed E-state index contributed by atoms with van der Waals surface area (Å²) in [4.78, 5) is 4.10. The van der Waals surface area contributed by atoms with Gasteiger partial charge in [0.05, 0.1) is 0 Å². The van der Waals surface area contributed by atoms with Crippen LogP contribution in [0.25, 0.3) is 5.57 Å². The first kappa shape index (κ1) is 7.04. The molecule has 0 amide bonds. The largest absolute Gasteiger partial charge is 0.263 e. The van der Waals surface area contributed by atoms with Crippen LogP contribution in [0.4, 0.5) is 0 Å². The minimum atomic E-state index is 1.08. The van der Waals surface area contributed by atoms with Crippen LogP contribution in [-0.4, -0.2) is 4.98 Å². The molecule has 56 valence electrons. The Morgan fingerprint density at radius 1 is 1.36 bits per heavy atom. The second-order valence-electron chi connectivity index (χ2n) is 2.75. The highest BCUT2D eigenvalue weighted by Crippen LogP contribution is 2.34. The number of nitrogens with zero attached hydrogens (tertiary/aromatic N) is 1. The molecule has 1 aliphatic carbocycles. The summed E-state index contributed by atoms with van der Waals surface area (Å²) in [5.74, 6) is 0. The van der Waals surface area contributed by atoms with Gasteiger partial charge in [-0.1, -0.05) is 6.58 Å². The van der Waals surface area contributed by atoms with Crippen LogP contribution in [0.1, 0.15) is 17.5 Å². The van der Waals surface area contributed by atoms with E-state index in [0.29, 0.717) is 0 Å². The SMILES string of the molecule is C=C1CCc2c(Br)cncc21. The molecule has 0 saturated carbocycles. The lowest BCUT2D eigenvalue weighted by Gasteiger charge is -1.99. The van der Waals surface area contributed by atoms with Gasteiger partial charge in [-0.15, -0.1) is 0 Å². The summed E-state index contributed by atoms with van der Waals surface area (Å²) in [6, 6.07) is 0. The van der Waals surface area contributed by atoms with E-state index in [2.05, 4.69) is 27.5 Å². The van der Waals surface area contributed by atoms with Crippen molar-refractivity contribution in [3.63, 3.8) is 0 Å². The molecule has 1 aromatic rings. The predicted octanol–water partition coefficient (Wildman–Crippen LogP) is 2.80. The molecule has 1 heterocycles. The number of pyridine rings is 1. The van der Waals surface area contributed by atoms with E-state index >= 15 is 0 Å². The summed E-state index contributed by atoms with van der Waals surface area (Å²) in [5.41, 5.74) is 3.82. The Morgan fingerprint density at radius 3 is 2.91 bits per heavy atom. The molecule has 2 rings (SSSR count). The molecular weight excluding hydrogens is 202 g/mol. The lowest BCUT2D eigenvalue weighted by atomic mass is 10.1. The quantitative estimate of drug-likeness (QED) is 0.641. The van der Waals surface area contributed by atoms with Crippen LogP contribution >= 0.6 is 15.9 Å². The Balaban J connectivity index is 2.66. The Bertz CT molecular complexity index is 317. The van der Waals surface area contributed by atoms with Crippen molar-refractivity contribution in [3.8, 4) is 0 Å². The molecular formula is C9H8BrN. The van der Waals surface area contributed by atoms with Crippen LogP contribution < -0.4 is 0 Å². The van der Waals surface area contributed by atoms with Crippen molar-refractivity contribution >= 4 is 21.5 Å². The highest BCUT2D eigenvalue weighted by molar-refractivity contribution is 9.10. The van der Waals surface area contributed by atoms with Crippen LogP contribution in [0.15, 0.2) is 23.4 Å². The first-order valence-electron chi connectivity index (χ1n) is 3.59. The lowest BCUT2D eigenvalue weighted by molar-refractivity contribution is 1.07. The number of rotatable bonds is 0. The van der Waals surface area contributed by atoms with Crippen LogP contribution in [0.3, 0.4) is 0 Å². The van der Waals surface area contributed by atoms with Crippen molar-refractivity contribution in [2.75, 3.05) is 0 Å². The number of aromatic nitrogens is 1. The fraction of sp³-hybridized carbons (Fsp3) is 0.222.